The van der Waals surface area contributed by atoms with Crippen LogP contribution in [0.25, 0.3) is 12.2 Å². The maximum atomic E-state index is 11.9. The van der Waals surface area contributed by atoms with Crippen LogP contribution in [0.15, 0.2) is 24.3 Å². The van der Waals surface area contributed by atoms with Gasteiger partial charge in [-0.05, 0) is 37.0 Å². The summed E-state index contributed by atoms with van der Waals surface area (Å²) >= 11 is 0. The van der Waals surface area contributed by atoms with E-state index in [9.17, 15) is 4.79 Å². The normalized spacial score (nSPS) is 11.4. The van der Waals surface area contributed by atoms with Gasteiger partial charge in [-0.25, -0.2) is 0 Å². The number of hydrogen-bond donors (Lipinski definition) is 0. The third-order valence-corrected chi connectivity index (χ3v) is 4.04. The van der Waals surface area contributed by atoms with Crippen LogP contribution < -0.4 is 4.74 Å². The number of ether oxygens (including phenoxy) is 2. The van der Waals surface area contributed by atoms with E-state index in [1.807, 2.05) is 6.07 Å². The number of rotatable bonds is 12. The van der Waals surface area contributed by atoms with E-state index < -0.39 is 0 Å². The van der Waals surface area contributed by atoms with Crippen LogP contribution in [0.2, 0.25) is 0 Å². The van der Waals surface area contributed by atoms with Crippen molar-refractivity contribution >= 4 is 18.1 Å². The molecule has 0 saturated heterocycles. The highest BCUT2D eigenvalue weighted by atomic mass is 16.5. The van der Waals surface area contributed by atoms with Gasteiger partial charge in [0.2, 0.25) is 0 Å². The molecular weight excluding hydrogens is 324 g/mol. The van der Waals surface area contributed by atoms with E-state index in [0.29, 0.717) is 6.61 Å². The standard InChI is InChI=1S/C23H34O3/c1-5-8-11-13-19-16-20(14-12-9-6-2)23(26-15-10-7-3)21(17-19)18-22(24)25-4/h11-14,16-17H,5-10,15,18H2,1-4H3/b13-11+,14-12+. The van der Waals surface area contributed by atoms with E-state index in [1.54, 1.807) is 0 Å². The van der Waals surface area contributed by atoms with Crippen LogP contribution >= 0.6 is 0 Å². The molecule has 0 heterocycles. The molecule has 0 saturated carbocycles. The van der Waals surface area contributed by atoms with Crippen LogP contribution in [0.1, 0.15) is 76.0 Å². The highest BCUT2D eigenvalue weighted by Gasteiger charge is 2.14. The SMILES string of the molecule is CCC/C=C/c1cc(/C=C/CCC)c(OCCCC)c(CC(=O)OC)c1. The van der Waals surface area contributed by atoms with Crippen molar-refractivity contribution in [1.29, 1.82) is 0 Å². The maximum absolute atomic E-state index is 11.9. The molecule has 3 nitrogen and oxygen atoms in total. The lowest BCUT2D eigenvalue weighted by molar-refractivity contribution is -0.139. The Kier molecular flexibility index (Phi) is 11.2. The summed E-state index contributed by atoms with van der Waals surface area (Å²) in [6, 6.07) is 4.18. The largest absolute Gasteiger partial charge is 0.493 e. The first-order valence-electron chi connectivity index (χ1n) is 9.85. The molecule has 144 valence electrons. The monoisotopic (exact) mass is 358 g/mol. The third-order valence-electron chi connectivity index (χ3n) is 4.04. The fourth-order valence-corrected chi connectivity index (χ4v) is 2.58. The first-order chi connectivity index (χ1) is 12.7. The molecule has 0 amide bonds. The molecule has 0 unspecified atom stereocenters. The predicted octanol–water partition coefficient (Wildman–Crippen LogP) is 6.21. The lowest BCUT2D eigenvalue weighted by Gasteiger charge is -2.15. The molecular formula is C23H34O3. The van der Waals surface area contributed by atoms with Crippen molar-refractivity contribution < 1.29 is 14.3 Å². The number of carbonyl (C=O) groups is 1. The number of hydrogen-bond acceptors (Lipinski definition) is 3. The van der Waals surface area contributed by atoms with Gasteiger partial charge in [0, 0.05) is 11.1 Å². The van der Waals surface area contributed by atoms with E-state index in [1.165, 1.54) is 7.11 Å². The Bertz CT molecular complexity index is 600. The topological polar surface area (TPSA) is 35.5 Å². The summed E-state index contributed by atoms with van der Waals surface area (Å²) in [7, 11) is 1.42. The van der Waals surface area contributed by atoms with Gasteiger partial charge in [0.25, 0.3) is 0 Å². The molecule has 0 spiro atoms. The van der Waals surface area contributed by atoms with Crippen molar-refractivity contribution in [2.24, 2.45) is 0 Å². The van der Waals surface area contributed by atoms with Gasteiger partial charge in [-0.1, -0.05) is 64.3 Å². The summed E-state index contributed by atoms with van der Waals surface area (Å²) in [6.45, 7) is 7.12. The highest BCUT2D eigenvalue weighted by Crippen LogP contribution is 2.29. The molecule has 0 radical (unpaired) electrons. The molecule has 1 aromatic carbocycles. The zero-order chi connectivity index (χ0) is 19.2. The van der Waals surface area contributed by atoms with Gasteiger partial charge in [-0.2, -0.15) is 0 Å². The second kappa shape index (κ2) is 13.2. The number of carbonyl (C=O) groups excluding carboxylic acids is 1. The maximum Gasteiger partial charge on any atom is 0.310 e. The summed E-state index contributed by atoms with van der Waals surface area (Å²) in [5.74, 6) is 0.562. The van der Waals surface area contributed by atoms with Gasteiger partial charge in [-0.3, -0.25) is 4.79 Å². The predicted molar refractivity (Wildman–Crippen MR) is 110 cm³/mol. The summed E-state index contributed by atoms with van der Waals surface area (Å²) in [5, 5.41) is 0. The van der Waals surface area contributed by atoms with E-state index in [4.69, 9.17) is 9.47 Å². The molecule has 0 N–H and O–H groups in total. The lowest BCUT2D eigenvalue weighted by Crippen LogP contribution is -2.09. The minimum absolute atomic E-state index is 0.224. The average Bonchev–Trinajstić information content (AvgIpc) is 2.64. The number of esters is 1. The van der Waals surface area contributed by atoms with Crippen LogP contribution in [0, 0.1) is 0 Å². The number of unbranched alkanes of at least 4 members (excludes halogenated alkanes) is 3. The molecule has 0 aliphatic carbocycles. The zero-order valence-corrected chi connectivity index (χ0v) is 16.8. The first kappa shape index (κ1) is 22.0. The minimum atomic E-state index is -0.247. The third kappa shape index (κ3) is 7.90. The van der Waals surface area contributed by atoms with Gasteiger partial charge >= 0.3 is 5.97 Å². The van der Waals surface area contributed by atoms with Crippen LogP contribution in [0.3, 0.4) is 0 Å². The number of benzene rings is 1. The highest BCUT2D eigenvalue weighted by molar-refractivity contribution is 5.76. The van der Waals surface area contributed by atoms with E-state index in [0.717, 1.165) is 61.0 Å². The second-order valence-electron chi connectivity index (χ2n) is 6.44. The summed E-state index contributed by atoms with van der Waals surface area (Å²) in [6.07, 6.45) is 15.2. The Morgan fingerprint density at radius 3 is 2.31 bits per heavy atom. The lowest BCUT2D eigenvalue weighted by atomic mass is 10.00. The van der Waals surface area contributed by atoms with Crippen molar-refractivity contribution in [3.8, 4) is 5.75 Å². The van der Waals surface area contributed by atoms with Gasteiger partial charge in [0.05, 0.1) is 20.1 Å². The minimum Gasteiger partial charge on any atom is -0.493 e. The van der Waals surface area contributed by atoms with Gasteiger partial charge in [0.1, 0.15) is 5.75 Å². The Balaban J connectivity index is 3.29. The quantitative estimate of drug-likeness (QED) is 0.329. The van der Waals surface area contributed by atoms with E-state index in [-0.39, 0.29) is 12.4 Å². The number of methoxy groups -OCH3 is 1. The Morgan fingerprint density at radius 2 is 1.69 bits per heavy atom. The molecule has 1 aromatic rings. The van der Waals surface area contributed by atoms with E-state index >= 15 is 0 Å². The van der Waals surface area contributed by atoms with Gasteiger partial charge < -0.3 is 9.47 Å². The molecule has 1 rings (SSSR count). The Morgan fingerprint density at radius 1 is 1.00 bits per heavy atom. The van der Waals surface area contributed by atoms with Crippen molar-refractivity contribution in [1.82, 2.24) is 0 Å². The molecule has 0 atom stereocenters. The van der Waals surface area contributed by atoms with Gasteiger partial charge in [0.15, 0.2) is 0 Å². The van der Waals surface area contributed by atoms with E-state index in [2.05, 4.69) is 51.1 Å². The molecule has 0 fully saturated rings. The van der Waals surface area contributed by atoms with Gasteiger partial charge in [-0.15, -0.1) is 0 Å². The molecule has 0 bridgehead atoms. The van der Waals surface area contributed by atoms with Crippen molar-refractivity contribution in [3.05, 3.63) is 41.0 Å². The molecule has 0 aromatic heterocycles. The molecule has 26 heavy (non-hydrogen) atoms. The van der Waals surface area contributed by atoms with Crippen LogP contribution in [-0.4, -0.2) is 19.7 Å². The Labute approximate surface area is 159 Å². The first-order valence-corrected chi connectivity index (χ1v) is 9.85. The fraction of sp³-hybridized carbons (Fsp3) is 0.522. The molecule has 0 aliphatic rings. The van der Waals surface area contributed by atoms with Crippen molar-refractivity contribution in [2.45, 2.75) is 65.7 Å². The van der Waals surface area contributed by atoms with Crippen LogP contribution in [-0.2, 0) is 16.0 Å². The smallest absolute Gasteiger partial charge is 0.310 e. The zero-order valence-electron chi connectivity index (χ0n) is 16.8. The Hall–Kier alpha value is -2.03. The van der Waals surface area contributed by atoms with Crippen molar-refractivity contribution in [2.75, 3.05) is 13.7 Å². The van der Waals surface area contributed by atoms with Crippen molar-refractivity contribution in [3.63, 3.8) is 0 Å². The second-order valence-corrected chi connectivity index (χ2v) is 6.44. The van der Waals surface area contributed by atoms with Crippen LogP contribution in [0.4, 0.5) is 0 Å². The number of allylic oxidation sites excluding steroid dienone is 2. The van der Waals surface area contributed by atoms with Crippen LogP contribution in [0.5, 0.6) is 5.75 Å². The average molecular weight is 359 g/mol. The summed E-state index contributed by atoms with van der Waals surface area (Å²) < 4.78 is 11.0. The fourth-order valence-electron chi connectivity index (χ4n) is 2.58. The molecule has 0 aliphatic heterocycles. The molecule has 3 heteroatoms. The summed E-state index contributed by atoms with van der Waals surface area (Å²) in [5.41, 5.74) is 3.02. The summed E-state index contributed by atoms with van der Waals surface area (Å²) in [4.78, 5) is 11.9.